The van der Waals surface area contributed by atoms with Gasteiger partial charge in [0.25, 0.3) is 5.91 Å². The van der Waals surface area contributed by atoms with Crippen LogP contribution in [0.15, 0.2) is 72.8 Å². The standard InChI is InChI=1S/C26H24ClN3O4S/c1-33-21-11-3-17(4-12-21)16-29-23(15-24(31)28-19-7-5-18(27)6-8-19)25(32)30(26(29)35)20-9-13-22(34-2)14-10-20/h3-14,23H,15-16H2,1-2H3,(H,28,31)/t23-/m1/s1. The van der Waals surface area contributed by atoms with E-state index in [1.165, 1.54) is 4.90 Å². The highest BCUT2D eigenvalue weighted by Gasteiger charge is 2.44. The van der Waals surface area contributed by atoms with Crippen molar-refractivity contribution >= 4 is 52.1 Å². The summed E-state index contributed by atoms with van der Waals surface area (Å²) >= 11 is 11.7. The molecule has 4 rings (SSSR count). The number of amides is 2. The normalized spacial score (nSPS) is 15.3. The van der Waals surface area contributed by atoms with Crippen LogP contribution in [0, 0.1) is 0 Å². The molecule has 7 nitrogen and oxygen atoms in total. The molecule has 0 aromatic heterocycles. The number of benzene rings is 3. The number of methoxy groups -OCH3 is 2. The molecule has 0 unspecified atom stereocenters. The highest BCUT2D eigenvalue weighted by Crippen LogP contribution is 2.30. The van der Waals surface area contributed by atoms with E-state index in [1.54, 1.807) is 67.7 Å². The lowest BCUT2D eigenvalue weighted by Gasteiger charge is -2.24. The van der Waals surface area contributed by atoms with Gasteiger partial charge in [-0.25, -0.2) is 0 Å². The molecular formula is C26H24ClN3O4S. The van der Waals surface area contributed by atoms with Crippen LogP contribution in [-0.2, 0) is 16.1 Å². The second kappa shape index (κ2) is 10.8. The van der Waals surface area contributed by atoms with Gasteiger partial charge >= 0.3 is 0 Å². The van der Waals surface area contributed by atoms with Gasteiger partial charge in [-0.05, 0) is 78.4 Å². The number of carbonyl (C=O) groups is 2. The maximum Gasteiger partial charge on any atom is 0.256 e. The predicted molar refractivity (Wildman–Crippen MR) is 140 cm³/mol. The first-order valence-electron chi connectivity index (χ1n) is 10.9. The molecule has 1 aliphatic heterocycles. The van der Waals surface area contributed by atoms with Gasteiger partial charge in [0.1, 0.15) is 17.5 Å². The molecule has 2 amide bonds. The molecule has 1 aliphatic rings. The first-order chi connectivity index (χ1) is 16.9. The van der Waals surface area contributed by atoms with Crippen molar-refractivity contribution in [2.75, 3.05) is 24.4 Å². The first-order valence-corrected chi connectivity index (χ1v) is 11.6. The topological polar surface area (TPSA) is 71.1 Å². The third-order valence-corrected chi connectivity index (χ3v) is 6.34. The quantitative estimate of drug-likeness (QED) is 0.436. The zero-order chi connectivity index (χ0) is 24.9. The van der Waals surface area contributed by atoms with Gasteiger partial charge in [0.15, 0.2) is 5.11 Å². The molecule has 3 aromatic carbocycles. The summed E-state index contributed by atoms with van der Waals surface area (Å²) < 4.78 is 10.5. The molecule has 0 aliphatic carbocycles. The minimum Gasteiger partial charge on any atom is -0.497 e. The predicted octanol–water partition coefficient (Wildman–Crippen LogP) is 4.89. The molecule has 1 fully saturated rings. The number of ether oxygens (including phenoxy) is 2. The molecule has 180 valence electrons. The molecule has 0 radical (unpaired) electrons. The number of hydrogen-bond donors (Lipinski definition) is 1. The summed E-state index contributed by atoms with van der Waals surface area (Å²) in [5, 5.41) is 3.73. The zero-order valence-corrected chi connectivity index (χ0v) is 20.8. The lowest BCUT2D eigenvalue weighted by Crippen LogP contribution is -2.37. The molecule has 35 heavy (non-hydrogen) atoms. The minimum atomic E-state index is -0.765. The molecular weight excluding hydrogens is 486 g/mol. The Morgan fingerprint density at radius 2 is 1.51 bits per heavy atom. The fourth-order valence-electron chi connectivity index (χ4n) is 3.83. The van der Waals surface area contributed by atoms with Crippen LogP contribution < -0.4 is 19.7 Å². The average molecular weight is 510 g/mol. The van der Waals surface area contributed by atoms with Crippen LogP contribution in [0.25, 0.3) is 0 Å². The third-order valence-electron chi connectivity index (χ3n) is 5.67. The summed E-state index contributed by atoms with van der Waals surface area (Å²) in [6, 6.07) is 20.6. The Balaban J connectivity index is 1.59. The van der Waals surface area contributed by atoms with E-state index in [9.17, 15) is 9.59 Å². The number of nitrogens with zero attached hydrogens (tertiary/aromatic N) is 2. The largest absolute Gasteiger partial charge is 0.497 e. The third kappa shape index (κ3) is 5.55. The Labute approximate surface area is 214 Å². The lowest BCUT2D eigenvalue weighted by molar-refractivity contribution is -0.124. The van der Waals surface area contributed by atoms with E-state index in [1.807, 2.05) is 24.3 Å². The van der Waals surface area contributed by atoms with Crippen molar-refractivity contribution in [2.45, 2.75) is 19.0 Å². The molecule has 1 heterocycles. The number of carbonyl (C=O) groups excluding carboxylic acids is 2. The van der Waals surface area contributed by atoms with E-state index in [4.69, 9.17) is 33.3 Å². The van der Waals surface area contributed by atoms with Gasteiger partial charge in [-0.2, -0.15) is 0 Å². The van der Waals surface area contributed by atoms with Crippen LogP contribution in [-0.4, -0.2) is 42.1 Å². The summed E-state index contributed by atoms with van der Waals surface area (Å²) in [5.74, 6) is 0.831. The second-order valence-corrected chi connectivity index (χ2v) is 8.71. The average Bonchev–Trinajstić information content (AvgIpc) is 3.09. The summed E-state index contributed by atoms with van der Waals surface area (Å²) in [5.41, 5.74) is 2.14. The second-order valence-electron chi connectivity index (χ2n) is 7.91. The smallest absolute Gasteiger partial charge is 0.256 e. The molecule has 0 bridgehead atoms. The SMILES string of the molecule is COc1ccc(CN2C(=S)N(c3ccc(OC)cc3)C(=O)[C@H]2CC(=O)Nc2ccc(Cl)cc2)cc1. The molecule has 0 spiro atoms. The van der Waals surface area contributed by atoms with Gasteiger partial charge in [-0.3, -0.25) is 14.5 Å². The maximum absolute atomic E-state index is 13.6. The molecule has 0 saturated carbocycles. The lowest BCUT2D eigenvalue weighted by atomic mass is 10.1. The molecule has 1 saturated heterocycles. The Morgan fingerprint density at radius 3 is 2.09 bits per heavy atom. The van der Waals surface area contributed by atoms with Crippen LogP contribution in [0.2, 0.25) is 5.02 Å². The van der Waals surface area contributed by atoms with Crippen LogP contribution in [0.1, 0.15) is 12.0 Å². The summed E-state index contributed by atoms with van der Waals surface area (Å²) in [7, 11) is 3.18. The summed E-state index contributed by atoms with van der Waals surface area (Å²) in [6.07, 6.45) is -0.0651. The van der Waals surface area contributed by atoms with Crippen LogP contribution >= 0.6 is 23.8 Å². The van der Waals surface area contributed by atoms with Gasteiger partial charge in [-0.1, -0.05) is 23.7 Å². The maximum atomic E-state index is 13.6. The Morgan fingerprint density at radius 1 is 0.943 bits per heavy atom. The van der Waals surface area contributed by atoms with Crippen LogP contribution in [0.5, 0.6) is 11.5 Å². The molecule has 1 atom stereocenters. The van der Waals surface area contributed by atoms with Gasteiger partial charge in [0.2, 0.25) is 5.91 Å². The number of nitrogens with one attached hydrogen (secondary N) is 1. The fraction of sp³-hybridized carbons (Fsp3) is 0.192. The van der Waals surface area contributed by atoms with E-state index < -0.39 is 6.04 Å². The van der Waals surface area contributed by atoms with Crippen molar-refractivity contribution in [1.29, 1.82) is 0 Å². The van der Waals surface area contributed by atoms with E-state index >= 15 is 0 Å². The van der Waals surface area contributed by atoms with Crippen molar-refractivity contribution in [3.05, 3.63) is 83.4 Å². The highest BCUT2D eigenvalue weighted by molar-refractivity contribution is 7.80. The van der Waals surface area contributed by atoms with Crippen LogP contribution in [0.4, 0.5) is 11.4 Å². The number of thiocarbonyl (C=S) groups is 1. The monoisotopic (exact) mass is 509 g/mol. The fourth-order valence-corrected chi connectivity index (χ4v) is 4.34. The molecule has 9 heteroatoms. The Hall–Kier alpha value is -3.62. The zero-order valence-electron chi connectivity index (χ0n) is 19.2. The van der Waals surface area contributed by atoms with E-state index in [0.717, 1.165) is 11.3 Å². The summed E-state index contributed by atoms with van der Waals surface area (Å²) in [6.45, 7) is 0.361. The number of anilines is 2. The van der Waals surface area contributed by atoms with E-state index in [0.29, 0.717) is 33.8 Å². The van der Waals surface area contributed by atoms with Crippen molar-refractivity contribution in [3.63, 3.8) is 0 Å². The van der Waals surface area contributed by atoms with Gasteiger partial charge in [0, 0.05) is 17.3 Å². The molecule has 1 N–H and O–H groups in total. The van der Waals surface area contributed by atoms with Gasteiger partial charge in [0.05, 0.1) is 26.3 Å². The number of rotatable bonds is 8. The highest BCUT2D eigenvalue weighted by atomic mass is 35.5. The van der Waals surface area contributed by atoms with Crippen molar-refractivity contribution < 1.29 is 19.1 Å². The Bertz CT molecular complexity index is 1220. The minimum absolute atomic E-state index is 0.0651. The number of hydrogen-bond acceptors (Lipinski definition) is 5. The van der Waals surface area contributed by atoms with Crippen molar-refractivity contribution in [3.8, 4) is 11.5 Å². The Kier molecular flexibility index (Phi) is 7.53. The van der Waals surface area contributed by atoms with Gasteiger partial charge < -0.3 is 19.7 Å². The summed E-state index contributed by atoms with van der Waals surface area (Å²) in [4.78, 5) is 29.7. The van der Waals surface area contributed by atoms with E-state index in [2.05, 4.69) is 5.32 Å². The molecule has 3 aromatic rings. The number of halogens is 1. The van der Waals surface area contributed by atoms with E-state index in [-0.39, 0.29) is 18.2 Å². The van der Waals surface area contributed by atoms with Crippen LogP contribution in [0.3, 0.4) is 0 Å². The van der Waals surface area contributed by atoms with Crippen molar-refractivity contribution in [2.24, 2.45) is 0 Å². The first kappa shape index (κ1) is 24.5. The van der Waals surface area contributed by atoms with Crippen molar-refractivity contribution in [1.82, 2.24) is 4.90 Å². The van der Waals surface area contributed by atoms with Gasteiger partial charge in [-0.15, -0.1) is 0 Å².